The lowest BCUT2D eigenvalue weighted by molar-refractivity contribution is 0.0509. The maximum Gasteiger partial charge on any atom is 0.188 e. The van der Waals surface area contributed by atoms with Crippen LogP contribution in [0.3, 0.4) is 0 Å². The minimum absolute atomic E-state index is 0.184. The second-order valence-electron chi connectivity index (χ2n) is 6.10. The largest absolute Gasteiger partial charge is 0.468 e. The predicted octanol–water partition coefficient (Wildman–Crippen LogP) is 5.68. The molecule has 27 heavy (non-hydrogen) atoms. The lowest BCUT2D eigenvalue weighted by Gasteiger charge is -2.16. The SMILES string of the molecule is C/C=C\C(=C/C(C)COCCCC)C(O)c1cccc(OCOC)c1.CC. The molecule has 2 unspecified atom stereocenters. The molecule has 0 aliphatic rings. The van der Waals surface area contributed by atoms with Gasteiger partial charge in [-0.1, -0.05) is 64.5 Å². The van der Waals surface area contributed by atoms with Crippen molar-refractivity contribution in [3.05, 3.63) is 53.6 Å². The Bertz CT molecular complexity index is 537. The molecule has 0 fully saturated rings. The molecule has 2 atom stereocenters. The molecule has 0 aliphatic carbocycles. The van der Waals surface area contributed by atoms with Crippen LogP contribution in [0, 0.1) is 5.92 Å². The van der Waals surface area contributed by atoms with Gasteiger partial charge in [-0.05, 0) is 42.5 Å². The van der Waals surface area contributed by atoms with Gasteiger partial charge in [0.1, 0.15) is 11.9 Å². The van der Waals surface area contributed by atoms with Crippen molar-refractivity contribution in [3.8, 4) is 5.75 Å². The van der Waals surface area contributed by atoms with Crippen LogP contribution >= 0.6 is 0 Å². The van der Waals surface area contributed by atoms with Crippen molar-refractivity contribution < 1.29 is 19.3 Å². The van der Waals surface area contributed by atoms with Crippen molar-refractivity contribution in [2.75, 3.05) is 27.1 Å². The molecule has 0 aromatic heterocycles. The van der Waals surface area contributed by atoms with Crippen LogP contribution in [0.2, 0.25) is 0 Å². The van der Waals surface area contributed by atoms with E-state index in [1.54, 1.807) is 7.11 Å². The van der Waals surface area contributed by atoms with Gasteiger partial charge in [0, 0.05) is 13.7 Å². The summed E-state index contributed by atoms with van der Waals surface area (Å²) in [6.45, 7) is 11.8. The van der Waals surface area contributed by atoms with Gasteiger partial charge in [-0.15, -0.1) is 0 Å². The van der Waals surface area contributed by atoms with E-state index in [4.69, 9.17) is 14.2 Å². The van der Waals surface area contributed by atoms with Crippen LogP contribution in [0.4, 0.5) is 0 Å². The fourth-order valence-corrected chi connectivity index (χ4v) is 2.42. The van der Waals surface area contributed by atoms with Gasteiger partial charge in [0.2, 0.25) is 0 Å². The first-order valence-corrected chi connectivity index (χ1v) is 9.94. The Morgan fingerprint density at radius 2 is 2.00 bits per heavy atom. The Morgan fingerprint density at radius 1 is 1.26 bits per heavy atom. The van der Waals surface area contributed by atoms with Gasteiger partial charge in [0.25, 0.3) is 0 Å². The summed E-state index contributed by atoms with van der Waals surface area (Å²) in [7, 11) is 1.58. The quantitative estimate of drug-likeness (QED) is 0.289. The van der Waals surface area contributed by atoms with E-state index in [0.29, 0.717) is 12.4 Å². The van der Waals surface area contributed by atoms with E-state index in [9.17, 15) is 5.11 Å². The molecule has 0 saturated heterocycles. The Hall–Kier alpha value is -1.62. The van der Waals surface area contributed by atoms with Crippen molar-refractivity contribution in [1.29, 1.82) is 0 Å². The minimum Gasteiger partial charge on any atom is -0.468 e. The smallest absolute Gasteiger partial charge is 0.188 e. The van der Waals surface area contributed by atoms with Crippen LogP contribution in [-0.4, -0.2) is 32.2 Å². The number of benzene rings is 1. The molecule has 1 rings (SSSR count). The molecule has 1 aromatic rings. The molecular formula is C23H38O4. The fraction of sp³-hybridized carbons (Fsp3) is 0.565. The van der Waals surface area contributed by atoms with E-state index in [2.05, 4.69) is 19.9 Å². The summed E-state index contributed by atoms with van der Waals surface area (Å²) < 4.78 is 16.0. The summed E-state index contributed by atoms with van der Waals surface area (Å²) >= 11 is 0. The highest BCUT2D eigenvalue weighted by molar-refractivity contribution is 5.37. The number of allylic oxidation sites excluding steroid dienone is 1. The average Bonchev–Trinajstić information content (AvgIpc) is 2.70. The number of ether oxygens (including phenoxy) is 3. The fourth-order valence-electron chi connectivity index (χ4n) is 2.42. The zero-order valence-electron chi connectivity index (χ0n) is 17.9. The summed E-state index contributed by atoms with van der Waals surface area (Å²) in [5.74, 6) is 0.903. The molecule has 0 amide bonds. The third-order valence-electron chi connectivity index (χ3n) is 3.69. The van der Waals surface area contributed by atoms with Gasteiger partial charge in [0.05, 0.1) is 6.61 Å². The molecule has 4 heteroatoms. The molecule has 0 radical (unpaired) electrons. The summed E-state index contributed by atoms with van der Waals surface area (Å²) in [6.07, 6.45) is 7.45. The number of hydrogen-bond acceptors (Lipinski definition) is 4. The van der Waals surface area contributed by atoms with Crippen LogP contribution in [-0.2, 0) is 9.47 Å². The van der Waals surface area contributed by atoms with Crippen LogP contribution in [0.15, 0.2) is 48.1 Å². The normalized spacial score (nSPS) is 13.8. The second-order valence-corrected chi connectivity index (χ2v) is 6.10. The molecule has 1 aromatic carbocycles. The summed E-state index contributed by atoms with van der Waals surface area (Å²) in [5.41, 5.74) is 1.65. The highest BCUT2D eigenvalue weighted by atomic mass is 16.7. The van der Waals surface area contributed by atoms with E-state index in [1.165, 1.54) is 0 Å². The summed E-state index contributed by atoms with van der Waals surface area (Å²) in [4.78, 5) is 0. The monoisotopic (exact) mass is 378 g/mol. The molecule has 1 N–H and O–H groups in total. The highest BCUT2D eigenvalue weighted by Crippen LogP contribution is 2.27. The first-order chi connectivity index (χ1) is 13.1. The topological polar surface area (TPSA) is 47.9 Å². The molecule has 0 heterocycles. The van der Waals surface area contributed by atoms with Crippen LogP contribution < -0.4 is 4.74 Å². The van der Waals surface area contributed by atoms with Gasteiger partial charge < -0.3 is 19.3 Å². The number of aliphatic hydroxyl groups is 1. The number of aliphatic hydroxyl groups excluding tert-OH is 1. The van der Waals surface area contributed by atoms with E-state index in [1.807, 2.05) is 57.2 Å². The average molecular weight is 379 g/mol. The van der Waals surface area contributed by atoms with Gasteiger partial charge in [-0.25, -0.2) is 0 Å². The van der Waals surface area contributed by atoms with Gasteiger partial charge in [0.15, 0.2) is 6.79 Å². The number of unbranched alkanes of at least 4 members (excludes halogenated alkanes) is 1. The molecule has 0 bridgehead atoms. The first kappa shape index (κ1) is 25.4. The zero-order valence-corrected chi connectivity index (χ0v) is 17.9. The Labute approximate surface area is 165 Å². The maximum absolute atomic E-state index is 10.8. The second kappa shape index (κ2) is 16.5. The molecule has 0 spiro atoms. The zero-order chi connectivity index (χ0) is 20.5. The van der Waals surface area contributed by atoms with Gasteiger partial charge in [-0.3, -0.25) is 0 Å². The van der Waals surface area contributed by atoms with E-state index >= 15 is 0 Å². The summed E-state index contributed by atoms with van der Waals surface area (Å²) in [5, 5.41) is 10.8. The first-order valence-electron chi connectivity index (χ1n) is 9.94. The minimum atomic E-state index is -0.708. The van der Waals surface area contributed by atoms with Gasteiger partial charge in [-0.2, -0.15) is 0 Å². The number of methoxy groups -OCH3 is 1. The number of rotatable bonds is 12. The molecule has 0 aliphatic heterocycles. The number of hydrogen-bond donors (Lipinski definition) is 1. The Morgan fingerprint density at radius 3 is 2.63 bits per heavy atom. The van der Waals surface area contributed by atoms with Crippen molar-refractivity contribution in [2.45, 2.75) is 53.6 Å². The van der Waals surface area contributed by atoms with E-state index in [0.717, 1.165) is 30.6 Å². The lowest BCUT2D eigenvalue weighted by atomic mass is 9.97. The third-order valence-corrected chi connectivity index (χ3v) is 3.69. The maximum atomic E-state index is 10.8. The van der Waals surface area contributed by atoms with Gasteiger partial charge >= 0.3 is 0 Å². The van der Waals surface area contributed by atoms with Crippen molar-refractivity contribution in [1.82, 2.24) is 0 Å². The molecule has 4 nitrogen and oxygen atoms in total. The van der Waals surface area contributed by atoms with Crippen LogP contribution in [0.5, 0.6) is 5.75 Å². The van der Waals surface area contributed by atoms with Crippen molar-refractivity contribution in [3.63, 3.8) is 0 Å². The molecular weight excluding hydrogens is 340 g/mol. The molecule has 154 valence electrons. The standard InChI is InChI=1S/C21H32O4.C2H6/c1-5-7-12-24-15-17(3)13-18(9-6-2)21(22)19-10-8-11-20(14-19)25-16-23-4;1-2/h6,8-11,13-14,17,21-22H,5,7,12,15-16H2,1-4H3;1-2H3/b9-6-,18-13+;. The van der Waals surface area contributed by atoms with Crippen molar-refractivity contribution in [2.24, 2.45) is 5.92 Å². The third kappa shape index (κ3) is 11.0. The van der Waals surface area contributed by atoms with Crippen LogP contribution in [0.25, 0.3) is 0 Å². The predicted molar refractivity (Wildman–Crippen MR) is 113 cm³/mol. The van der Waals surface area contributed by atoms with E-state index < -0.39 is 6.10 Å². The summed E-state index contributed by atoms with van der Waals surface area (Å²) in [6, 6.07) is 7.44. The lowest BCUT2D eigenvalue weighted by Crippen LogP contribution is -2.08. The molecule has 0 saturated carbocycles. The Kier molecular flexibility index (Phi) is 15.6. The van der Waals surface area contributed by atoms with Crippen molar-refractivity contribution >= 4 is 0 Å². The Balaban J connectivity index is 0.00000326. The van der Waals surface area contributed by atoms with Crippen LogP contribution in [0.1, 0.15) is 59.1 Å². The highest BCUT2D eigenvalue weighted by Gasteiger charge is 2.13. The van der Waals surface area contributed by atoms with E-state index in [-0.39, 0.29) is 12.7 Å².